The van der Waals surface area contributed by atoms with Crippen LogP contribution in [0.4, 0.5) is 0 Å². The molecule has 0 saturated carbocycles. The van der Waals surface area contributed by atoms with Crippen LogP contribution in [0.25, 0.3) is 21.5 Å². The van der Waals surface area contributed by atoms with Crippen LogP contribution in [0.15, 0.2) is 59.5 Å². The van der Waals surface area contributed by atoms with E-state index in [0.29, 0.717) is 10.9 Å². The summed E-state index contributed by atoms with van der Waals surface area (Å²) in [6, 6.07) is 20.0. The van der Waals surface area contributed by atoms with Crippen molar-refractivity contribution in [3.8, 4) is 0 Å². The summed E-state index contributed by atoms with van der Waals surface area (Å²) >= 11 is 0. The van der Waals surface area contributed by atoms with Gasteiger partial charge in [0.15, 0.2) is 4.90 Å². The Hall–Kier alpha value is -1.47. The first kappa shape index (κ1) is 13.5. The molecular weight excluding hydrogens is 260 g/mol. The van der Waals surface area contributed by atoms with Gasteiger partial charge < -0.3 is 0 Å². The molecule has 102 valence electrons. The van der Waals surface area contributed by atoms with Crippen molar-refractivity contribution in [1.29, 1.82) is 0 Å². The predicted molar refractivity (Wildman–Crippen MR) is 92.8 cm³/mol. The van der Waals surface area contributed by atoms with Gasteiger partial charge in [0.1, 0.15) is 12.0 Å². The molecule has 0 fully saturated rings. The zero-order valence-electron chi connectivity index (χ0n) is 12.2. The predicted octanol–water partition coefficient (Wildman–Crippen LogP) is 5.40. The van der Waals surface area contributed by atoms with Gasteiger partial charge in [0.05, 0.1) is 0 Å². The largest absolute Gasteiger partial charge is 0.170 e. The molecule has 0 N–H and O–H groups in total. The highest BCUT2D eigenvalue weighted by Gasteiger charge is 2.21. The van der Waals surface area contributed by atoms with Crippen molar-refractivity contribution in [3.63, 3.8) is 0 Å². The topological polar surface area (TPSA) is 0 Å². The van der Waals surface area contributed by atoms with Crippen LogP contribution < -0.4 is 0 Å². The van der Waals surface area contributed by atoms with Gasteiger partial charge in [-0.15, -0.1) is 0 Å². The molecule has 0 amide bonds. The normalized spacial score (nSPS) is 12.9. The maximum absolute atomic E-state index is 2.41. The van der Waals surface area contributed by atoms with E-state index in [0.717, 1.165) is 0 Å². The van der Waals surface area contributed by atoms with E-state index >= 15 is 0 Å². The number of unbranched alkanes of at least 4 members (excludes halogenated alkanes) is 1. The Bertz CT molecular complexity index is 676. The average molecular weight is 281 g/mol. The van der Waals surface area contributed by atoms with E-state index in [1.807, 2.05) is 0 Å². The molecule has 0 aromatic heterocycles. The summed E-state index contributed by atoms with van der Waals surface area (Å²) in [4.78, 5) is 1.56. The number of hydrogen-bond donors (Lipinski definition) is 0. The summed E-state index contributed by atoms with van der Waals surface area (Å²) in [5, 5.41) is 5.62. The van der Waals surface area contributed by atoms with Gasteiger partial charge in [-0.1, -0.05) is 49.7 Å². The molecule has 0 bridgehead atoms. The Labute approximate surface area is 124 Å². The van der Waals surface area contributed by atoms with E-state index in [1.54, 1.807) is 4.90 Å². The Kier molecular flexibility index (Phi) is 3.98. The number of hydrogen-bond acceptors (Lipinski definition) is 0. The van der Waals surface area contributed by atoms with E-state index in [-0.39, 0.29) is 0 Å². The fourth-order valence-corrected chi connectivity index (χ4v) is 4.86. The molecule has 20 heavy (non-hydrogen) atoms. The first-order valence-corrected chi connectivity index (χ1v) is 9.14. The van der Waals surface area contributed by atoms with Crippen molar-refractivity contribution in [2.75, 3.05) is 12.0 Å². The van der Waals surface area contributed by atoms with E-state index < -0.39 is 0 Å². The van der Waals surface area contributed by atoms with Crippen molar-refractivity contribution >= 4 is 32.4 Å². The van der Waals surface area contributed by atoms with Crippen LogP contribution in [0.2, 0.25) is 0 Å². The van der Waals surface area contributed by atoms with Gasteiger partial charge in [-0.3, -0.25) is 0 Å². The third-order valence-electron chi connectivity index (χ3n) is 3.87. The lowest BCUT2D eigenvalue weighted by molar-refractivity contribution is 0.893. The fourth-order valence-electron chi connectivity index (χ4n) is 2.81. The summed E-state index contributed by atoms with van der Waals surface area (Å²) in [5.74, 6) is 1.30. The second-order valence-electron chi connectivity index (χ2n) is 5.34. The van der Waals surface area contributed by atoms with Gasteiger partial charge in [-0.05, 0) is 35.4 Å². The average Bonchev–Trinajstić information content (AvgIpc) is 2.50. The van der Waals surface area contributed by atoms with Gasteiger partial charge in [0, 0.05) is 21.7 Å². The van der Waals surface area contributed by atoms with E-state index in [9.17, 15) is 0 Å². The third kappa shape index (κ3) is 2.43. The summed E-state index contributed by atoms with van der Waals surface area (Å²) in [7, 11) is 0.318. The highest BCUT2D eigenvalue weighted by atomic mass is 32.2. The first-order valence-electron chi connectivity index (χ1n) is 7.34. The molecule has 3 aromatic rings. The number of fused-ring (bicyclic) bond motifs is 2. The van der Waals surface area contributed by atoms with Crippen LogP contribution in [-0.4, -0.2) is 12.0 Å². The van der Waals surface area contributed by atoms with E-state index in [2.05, 4.69) is 67.8 Å². The molecule has 0 aliphatic rings. The third-order valence-corrected chi connectivity index (χ3v) is 5.91. The molecule has 1 heteroatoms. The molecule has 1 unspecified atom stereocenters. The Morgan fingerprint density at radius 2 is 1.40 bits per heavy atom. The van der Waals surface area contributed by atoms with Gasteiger partial charge >= 0.3 is 0 Å². The standard InChI is InChI=1S/C19H21S/c1-3-4-13-20(2)19-17-11-7-5-9-15(17)14-16-10-6-8-12-18(16)19/h5-12,14H,3-4,13H2,1-2H3/q+1. The Balaban J connectivity index is 2.27. The van der Waals surface area contributed by atoms with Crippen molar-refractivity contribution in [2.24, 2.45) is 0 Å². The summed E-state index contributed by atoms with van der Waals surface area (Å²) in [5.41, 5.74) is 0. The highest BCUT2D eigenvalue weighted by molar-refractivity contribution is 7.96. The Morgan fingerprint density at radius 3 is 1.95 bits per heavy atom. The fraction of sp³-hybridized carbons (Fsp3) is 0.263. The van der Waals surface area contributed by atoms with Gasteiger partial charge in [-0.25, -0.2) is 0 Å². The molecule has 1 atom stereocenters. The lowest BCUT2D eigenvalue weighted by atomic mass is 10.0. The van der Waals surface area contributed by atoms with Crippen molar-refractivity contribution in [1.82, 2.24) is 0 Å². The lowest BCUT2D eigenvalue weighted by Crippen LogP contribution is -2.07. The molecule has 0 aliphatic carbocycles. The van der Waals surface area contributed by atoms with Gasteiger partial charge in [0.25, 0.3) is 0 Å². The van der Waals surface area contributed by atoms with Crippen LogP contribution in [0.5, 0.6) is 0 Å². The first-order chi connectivity index (χ1) is 9.81. The quantitative estimate of drug-likeness (QED) is 0.443. The van der Waals surface area contributed by atoms with Gasteiger partial charge in [0.2, 0.25) is 0 Å². The smallest absolute Gasteiger partial charge is 0.0652 e. The molecular formula is C19H21S+. The molecule has 0 radical (unpaired) electrons. The van der Waals surface area contributed by atoms with E-state index in [1.165, 1.54) is 40.1 Å². The summed E-state index contributed by atoms with van der Waals surface area (Å²) < 4.78 is 0. The molecule has 0 spiro atoms. The van der Waals surface area contributed by atoms with Gasteiger partial charge in [-0.2, -0.15) is 0 Å². The number of rotatable bonds is 4. The van der Waals surface area contributed by atoms with Crippen LogP contribution in [0.3, 0.4) is 0 Å². The Morgan fingerprint density at radius 1 is 0.850 bits per heavy atom. The molecule has 0 aliphatic heterocycles. The maximum Gasteiger partial charge on any atom is 0.170 e. The van der Waals surface area contributed by atoms with Crippen LogP contribution in [0.1, 0.15) is 19.8 Å². The van der Waals surface area contributed by atoms with Crippen LogP contribution in [-0.2, 0) is 10.9 Å². The summed E-state index contributed by atoms with van der Waals surface area (Å²) in [6.07, 6.45) is 5.00. The second-order valence-corrected chi connectivity index (χ2v) is 7.43. The monoisotopic (exact) mass is 281 g/mol. The maximum atomic E-state index is 2.41. The zero-order chi connectivity index (χ0) is 13.9. The van der Waals surface area contributed by atoms with Crippen LogP contribution >= 0.6 is 0 Å². The molecule has 0 nitrogen and oxygen atoms in total. The molecule has 0 saturated heterocycles. The van der Waals surface area contributed by atoms with E-state index in [4.69, 9.17) is 0 Å². The molecule has 3 rings (SSSR count). The molecule has 3 aromatic carbocycles. The second kappa shape index (κ2) is 5.88. The van der Waals surface area contributed by atoms with Crippen LogP contribution in [0, 0.1) is 0 Å². The van der Waals surface area contributed by atoms with Crippen molar-refractivity contribution < 1.29 is 0 Å². The minimum absolute atomic E-state index is 0.318. The molecule has 0 heterocycles. The number of benzene rings is 3. The SMILES string of the molecule is CCCC[S+](C)c1c2ccccc2cc2ccccc12. The minimum Gasteiger partial charge on any atom is -0.0652 e. The minimum atomic E-state index is 0.318. The summed E-state index contributed by atoms with van der Waals surface area (Å²) in [6.45, 7) is 2.28. The highest BCUT2D eigenvalue weighted by Crippen LogP contribution is 2.33. The van der Waals surface area contributed by atoms with Crippen molar-refractivity contribution in [2.45, 2.75) is 24.7 Å². The lowest BCUT2D eigenvalue weighted by Gasteiger charge is -2.10. The van der Waals surface area contributed by atoms with Crippen molar-refractivity contribution in [3.05, 3.63) is 54.6 Å². The zero-order valence-corrected chi connectivity index (χ0v) is 13.0.